The summed E-state index contributed by atoms with van der Waals surface area (Å²) in [5.41, 5.74) is 1.31. The summed E-state index contributed by atoms with van der Waals surface area (Å²) in [6, 6.07) is 6.79. The van der Waals surface area contributed by atoms with Crippen LogP contribution in [-0.4, -0.2) is 30.1 Å². The molecule has 2 aliphatic rings. The molecule has 0 saturated carbocycles. The number of hydrogen-bond donors (Lipinski definition) is 1. The van der Waals surface area contributed by atoms with Gasteiger partial charge < -0.3 is 5.32 Å². The lowest BCUT2D eigenvalue weighted by atomic mass is 9.85. The zero-order valence-electron chi connectivity index (χ0n) is 12.0. The van der Waals surface area contributed by atoms with Crippen molar-refractivity contribution in [1.82, 2.24) is 10.2 Å². The first-order valence-corrected chi connectivity index (χ1v) is 7.16. The molecule has 0 spiro atoms. The van der Waals surface area contributed by atoms with Crippen molar-refractivity contribution in [3.05, 3.63) is 35.1 Å². The standard InChI is InChI=1S/C16H20FN3/c1-16(2)14-8-19-7-13(14)10-20(16)9-11-3-4-15(17)12(5-11)6-18/h3-5,13-14,19H,7-10H2,1-2H3. The van der Waals surface area contributed by atoms with Gasteiger partial charge in [0.25, 0.3) is 0 Å². The Morgan fingerprint density at radius 1 is 1.45 bits per heavy atom. The van der Waals surface area contributed by atoms with Gasteiger partial charge in [-0.15, -0.1) is 0 Å². The van der Waals surface area contributed by atoms with E-state index in [-0.39, 0.29) is 11.1 Å². The van der Waals surface area contributed by atoms with Crippen molar-refractivity contribution >= 4 is 0 Å². The van der Waals surface area contributed by atoms with Gasteiger partial charge >= 0.3 is 0 Å². The quantitative estimate of drug-likeness (QED) is 0.897. The van der Waals surface area contributed by atoms with Gasteiger partial charge in [-0.25, -0.2) is 4.39 Å². The molecule has 2 fully saturated rings. The molecule has 1 aromatic rings. The fraction of sp³-hybridized carbons (Fsp3) is 0.562. The molecule has 3 rings (SSSR count). The van der Waals surface area contributed by atoms with E-state index in [1.54, 1.807) is 12.1 Å². The van der Waals surface area contributed by atoms with Crippen molar-refractivity contribution in [1.29, 1.82) is 5.26 Å². The molecule has 2 heterocycles. The number of nitrogens with zero attached hydrogens (tertiary/aromatic N) is 2. The van der Waals surface area contributed by atoms with Crippen LogP contribution in [0.4, 0.5) is 4.39 Å². The molecule has 2 atom stereocenters. The van der Waals surface area contributed by atoms with Crippen molar-refractivity contribution in [3.63, 3.8) is 0 Å². The fourth-order valence-corrected chi connectivity index (χ4v) is 3.75. The Morgan fingerprint density at radius 3 is 2.95 bits per heavy atom. The molecule has 20 heavy (non-hydrogen) atoms. The number of benzene rings is 1. The van der Waals surface area contributed by atoms with Gasteiger partial charge in [0, 0.05) is 25.2 Å². The number of hydrogen-bond acceptors (Lipinski definition) is 3. The molecule has 0 amide bonds. The molecule has 2 saturated heterocycles. The van der Waals surface area contributed by atoms with Crippen molar-refractivity contribution in [2.24, 2.45) is 11.8 Å². The van der Waals surface area contributed by atoms with Crippen LogP contribution in [-0.2, 0) is 6.54 Å². The van der Waals surface area contributed by atoms with Gasteiger partial charge in [-0.05, 0) is 49.9 Å². The maximum Gasteiger partial charge on any atom is 0.140 e. The highest BCUT2D eigenvalue weighted by atomic mass is 19.1. The molecule has 106 valence electrons. The van der Waals surface area contributed by atoms with Crippen LogP contribution in [0.25, 0.3) is 0 Å². The molecular formula is C16H20FN3. The first-order valence-electron chi connectivity index (χ1n) is 7.16. The van der Waals surface area contributed by atoms with Crippen LogP contribution in [0.3, 0.4) is 0 Å². The largest absolute Gasteiger partial charge is 0.316 e. The second-order valence-corrected chi connectivity index (χ2v) is 6.49. The van der Waals surface area contributed by atoms with Gasteiger partial charge in [0.2, 0.25) is 0 Å². The average Bonchev–Trinajstić information content (AvgIpc) is 2.96. The van der Waals surface area contributed by atoms with Crippen molar-refractivity contribution in [2.45, 2.75) is 25.9 Å². The Bertz CT molecular complexity index is 561. The molecular weight excluding hydrogens is 253 g/mol. The third-order valence-electron chi connectivity index (χ3n) is 5.04. The smallest absolute Gasteiger partial charge is 0.140 e. The Morgan fingerprint density at radius 2 is 2.25 bits per heavy atom. The van der Waals surface area contributed by atoms with Crippen LogP contribution in [0.15, 0.2) is 18.2 Å². The summed E-state index contributed by atoms with van der Waals surface area (Å²) in [5.74, 6) is 0.956. The predicted molar refractivity (Wildman–Crippen MR) is 75.5 cm³/mol. The van der Waals surface area contributed by atoms with Crippen LogP contribution in [0.5, 0.6) is 0 Å². The second kappa shape index (κ2) is 4.83. The molecule has 0 radical (unpaired) electrons. The van der Waals surface area contributed by atoms with Crippen molar-refractivity contribution in [3.8, 4) is 6.07 Å². The first kappa shape index (κ1) is 13.5. The van der Waals surface area contributed by atoms with E-state index in [2.05, 4.69) is 24.1 Å². The first-order chi connectivity index (χ1) is 9.52. The van der Waals surface area contributed by atoms with E-state index in [9.17, 15) is 4.39 Å². The SMILES string of the molecule is CC1(C)C2CNCC2CN1Cc1ccc(F)c(C#N)c1. The third-order valence-corrected chi connectivity index (χ3v) is 5.04. The summed E-state index contributed by atoms with van der Waals surface area (Å²) in [5, 5.41) is 12.4. The van der Waals surface area contributed by atoms with Gasteiger partial charge in [-0.3, -0.25) is 4.90 Å². The second-order valence-electron chi connectivity index (χ2n) is 6.49. The molecule has 0 bridgehead atoms. The highest BCUT2D eigenvalue weighted by molar-refractivity contribution is 5.34. The Balaban J connectivity index is 1.80. The van der Waals surface area contributed by atoms with Crippen molar-refractivity contribution < 1.29 is 4.39 Å². The highest BCUT2D eigenvalue weighted by Crippen LogP contribution is 2.41. The van der Waals surface area contributed by atoms with E-state index < -0.39 is 5.82 Å². The van der Waals surface area contributed by atoms with Gasteiger partial charge in [0.05, 0.1) is 5.56 Å². The lowest BCUT2D eigenvalue weighted by Crippen LogP contribution is -2.43. The van der Waals surface area contributed by atoms with E-state index in [4.69, 9.17) is 5.26 Å². The molecule has 1 N–H and O–H groups in total. The minimum absolute atomic E-state index is 0.140. The van der Waals surface area contributed by atoms with E-state index in [0.29, 0.717) is 11.8 Å². The van der Waals surface area contributed by atoms with Crippen LogP contribution < -0.4 is 5.32 Å². The maximum atomic E-state index is 13.4. The third kappa shape index (κ3) is 2.11. The number of nitriles is 1. The predicted octanol–water partition coefficient (Wildman–Crippen LogP) is 2.13. The number of halogens is 1. The molecule has 0 aliphatic carbocycles. The lowest BCUT2D eigenvalue weighted by Gasteiger charge is -2.35. The maximum absolute atomic E-state index is 13.4. The fourth-order valence-electron chi connectivity index (χ4n) is 3.75. The molecule has 4 heteroatoms. The minimum Gasteiger partial charge on any atom is -0.316 e. The van der Waals surface area contributed by atoms with Crippen LogP contribution in [0.2, 0.25) is 0 Å². The molecule has 2 aliphatic heterocycles. The number of nitrogens with one attached hydrogen (secondary N) is 1. The molecule has 0 aromatic heterocycles. The summed E-state index contributed by atoms with van der Waals surface area (Å²) in [6.45, 7) is 8.62. The zero-order chi connectivity index (χ0) is 14.3. The van der Waals surface area contributed by atoms with Gasteiger partial charge in [0.15, 0.2) is 0 Å². The van der Waals surface area contributed by atoms with Crippen molar-refractivity contribution in [2.75, 3.05) is 19.6 Å². The molecule has 2 unspecified atom stereocenters. The highest BCUT2D eigenvalue weighted by Gasteiger charge is 2.49. The Kier molecular flexibility index (Phi) is 3.27. The summed E-state index contributed by atoms with van der Waals surface area (Å²) >= 11 is 0. The minimum atomic E-state index is -0.432. The molecule has 1 aromatic carbocycles. The lowest BCUT2D eigenvalue weighted by molar-refractivity contribution is 0.132. The number of rotatable bonds is 2. The summed E-state index contributed by atoms with van der Waals surface area (Å²) in [6.07, 6.45) is 0. The Hall–Kier alpha value is -1.44. The topological polar surface area (TPSA) is 39.1 Å². The van der Waals surface area contributed by atoms with Crippen LogP contribution >= 0.6 is 0 Å². The van der Waals surface area contributed by atoms with E-state index >= 15 is 0 Å². The monoisotopic (exact) mass is 273 g/mol. The van der Waals surface area contributed by atoms with Crippen LogP contribution in [0.1, 0.15) is 25.0 Å². The number of likely N-dealkylation sites (tertiary alicyclic amines) is 1. The zero-order valence-corrected chi connectivity index (χ0v) is 12.0. The van der Waals surface area contributed by atoms with Crippen LogP contribution in [0, 0.1) is 29.0 Å². The van der Waals surface area contributed by atoms with E-state index in [1.165, 1.54) is 6.07 Å². The molecule has 3 nitrogen and oxygen atoms in total. The van der Waals surface area contributed by atoms with Gasteiger partial charge in [-0.2, -0.15) is 5.26 Å². The normalized spacial score (nSPS) is 28.3. The Labute approximate surface area is 119 Å². The summed E-state index contributed by atoms with van der Waals surface area (Å²) in [7, 11) is 0. The number of fused-ring (bicyclic) bond motifs is 1. The van der Waals surface area contributed by atoms with E-state index in [1.807, 2.05) is 6.07 Å². The van der Waals surface area contributed by atoms with Gasteiger partial charge in [-0.1, -0.05) is 6.07 Å². The van der Waals surface area contributed by atoms with Gasteiger partial charge in [0.1, 0.15) is 11.9 Å². The average molecular weight is 273 g/mol. The van der Waals surface area contributed by atoms with E-state index in [0.717, 1.165) is 31.7 Å². The summed E-state index contributed by atoms with van der Waals surface area (Å²) < 4.78 is 13.4. The summed E-state index contributed by atoms with van der Waals surface area (Å²) in [4.78, 5) is 2.47.